The minimum Gasteiger partial charge on any atom is -0.382 e. The molecule has 5 heteroatoms. The molecule has 1 saturated heterocycles. The monoisotopic (exact) mass is 219 g/mol. The maximum Gasteiger partial charge on any atom is 0.145 e. The molecule has 86 valence electrons. The maximum absolute atomic E-state index is 8.85. The van der Waals surface area contributed by atoms with Crippen molar-refractivity contribution in [3.63, 3.8) is 0 Å². The van der Waals surface area contributed by atoms with Crippen molar-refractivity contribution in [3.8, 4) is 6.07 Å². The maximum atomic E-state index is 8.85. The average molecular weight is 219 g/mol. The fraction of sp³-hybridized carbons (Fsp3) is 0.636. The number of hydrogen-bond donors (Lipinski definition) is 1. The Morgan fingerprint density at radius 1 is 1.56 bits per heavy atom. The van der Waals surface area contributed by atoms with Gasteiger partial charge in [0.15, 0.2) is 0 Å². The van der Waals surface area contributed by atoms with Gasteiger partial charge in [0.1, 0.15) is 5.82 Å². The van der Waals surface area contributed by atoms with E-state index in [1.165, 1.54) is 0 Å². The predicted molar refractivity (Wildman–Crippen MR) is 61.6 cm³/mol. The first kappa shape index (κ1) is 11.0. The molecular formula is C11H17N5. The van der Waals surface area contributed by atoms with E-state index in [0.717, 1.165) is 25.9 Å². The number of nitrogens with zero attached hydrogens (tertiary/aromatic N) is 4. The largest absolute Gasteiger partial charge is 0.382 e. The SMILES string of the molecule is CC(C#N)N1CCC(n2ccc(N)n2)CC1. The summed E-state index contributed by atoms with van der Waals surface area (Å²) < 4.78 is 1.95. The van der Waals surface area contributed by atoms with Crippen LogP contribution in [0.1, 0.15) is 25.8 Å². The summed E-state index contributed by atoms with van der Waals surface area (Å²) in [6.07, 6.45) is 4.00. The summed E-state index contributed by atoms with van der Waals surface area (Å²) in [5, 5.41) is 13.1. The summed E-state index contributed by atoms with van der Waals surface area (Å²) in [4.78, 5) is 2.21. The van der Waals surface area contributed by atoms with E-state index < -0.39 is 0 Å². The third kappa shape index (κ3) is 2.17. The fourth-order valence-electron chi connectivity index (χ4n) is 2.18. The molecule has 0 aromatic carbocycles. The number of likely N-dealkylation sites (tertiary alicyclic amines) is 1. The highest BCUT2D eigenvalue weighted by Crippen LogP contribution is 2.23. The number of hydrogen-bond acceptors (Lipinski definition) is 4. The van der Waals surface area contributed by atoms with Crippen LogP contribution in [0.2, 0.25) is 0 Å². The van der Waals surface area contributed by atoms with Gasteiger partial charge in [-0.3, -0.25) is 9.58 Å². The van der Waals surface area contributed by atoms with Crippen molar-refractivity contribution in [1.29, 1.82) is 5.26 Å². The van der Waals surface area contributed by atoms with Crippen LogP contribution in [0.5, 0.6) is 0 Å². The Labute approximate surface area is 95.4 Å². The van der Waals surface area contributed by atoms with Crippen LogP contribution in [0.3, 0.4) is 0 Å². The minimum absolute atomic E-state index is 0.0173. The van der Waals surface area contributed by atoms with Crippen LogP contribution in [0, 0.1) is 11.3 Å². The Kier molecular flexibility index (Phi) is 3.11. The smallest absolute Gasteiger partial charge is 0.145 e. The summed E-state index contributed by atoms with van der Waals surface area (Å²) in [5.74, 6) is 0.577. The number of nitrogen functional groups attached to an aromatic ring is 1. The number of rotatable bonds is 2. The van der Waals surface area contributed by atoms with Crippen molar-refractivity contribution in [2.75, 3.05) is 18.8 Å². The van der Waals surface area contributed by atoms with E-state index in [1.54, 1.807) is 0 Å². The summed E-state index contributed by atoms with van der Waals surface area (Å²) >= 11 is 0. The third-order valence-electron chi connectivity index (χ3n) is 3.24. The first-order valence-corrected chi connectivity index (χ1v) is 5.65. The van der Waals surface area contributed by atoms with Gasteiger partial charge in [-0.25, -0.2) is 0 Å². The van der Waals surface area contributed by atoms with Gasteiger partial charge in [-0.15, -0.1) is 0 Å². The molecule has 1 fully saturated rings. The minimum atomic E-state index is 0.0173. The molecule has 2 N–H and O–H groups in total. The Morgan fingerprint density at radius 3 is 2.75 bits per heavy atom. The van der Waals surface area contributed by atoms with Gasteiger partial charge in [-0.2, -0.15) is 10.4 Å². The molecule has 1 aromatic heterocycles. The molecule has 5 nitrogen and oxygen atoms in total. The van der Waals surface area contributed by atoms with Gasteiger partial charge in [-0.1, -0.05) is 0 Å². The van der Waals surface area contributed by atoms with E-state index in [0.29, 0.717) is 11.9 Å². The van der Waals surface area contributed by atoms with Crippen molar-refractivity contribution < 1.29 is 0 Å². The van der Waals surface area contributed by atoms with Crippen molar-refractivity contribution >= 4 is 5.82 Å². The van der Waals surface area contributed by atoms with Gasteiger partial charge in [0.05, 0.1) is 18.2 Å². The quantitative estimate of drug-likeness (QED) is 0.806. The summed E-state index contributed by atoms with van der Waals surface area (Å²) in [6.45, 7) is 3.87. The van der Waals surface area contributed by atoms with Crippen molar-refractivity contribution in [2.45, 2.75) is 31.8 Å². The molecule has 1 aromatic rings. The molecular weight excluding hydrogens is 202 g/mol. The second-order valence-electron chi connectivity index (χ2n) is 4.29. The molecule has 0 amide bonds. The number of piperidine rings is 1. The topological polar surface area (TPSA) is 70.9 Å². The lowest BCUT2D eigenvalue weighted by Gasteiger charge is -2.33. The van der Waals surface area contributed by atoms with Crippen LogP contribution in [-0.2, 0) is 0 Å². The molecule has 1 aliphatic heterocycles. The average Bonchev–Trinajstić information content (AvgIpc) is 2.75. The highest BCUT2D eigenvalue weighted by molar-refractivity contribution is 5.24. The van der Waals surface area contributed by atoms with Crippen LogP contribution >= 0.6 is 0 Å². The van der Waals surface area contributed by atoms with Crippen molar-refractivity contribution in [1.82, 2.24) is 14.7 Å². The van der Waals surface area contributed by atoms with E-state index in [1.807, 2.05) is 23.9 Å². The molecule has 0 spiro atoms. The Balaban J connectivity index is 1.93. The van der Waals surface area contributed by atoms with Gasteiger partial charge >= 0.3 is 0 Å². The molecule has 1 aliphatic rings. The standard InChI is InChI=1S/C11H17N5/c1-9(8-12)15-5-2-10(3-6-15)16-7-4-11(13)14-16/h4,7,9-10H,2-3,5-6H2,1H3,(H2,13,14). The molecule has 0 radical (unpaired) electrons. The fourth-order valence-corrected chi connectivity index (χ4v) is 2.18. The lowest BCUT2D eigenvalue weighted by molar-refractivity contribution is 0.162. The van der Waals surface area contributed by atoms with E-state index >= 15 is 0 Å². The van der Waals surface area contributed by atoms with Crippen molar-refractivity contribution in [3.05, 3.63) is 12.3 Å². The molecule has 2 heterocycles. The zero-order chi connectivity index (χ0) is 11.5. The summed E-state index contributed by atoms with van der Waals surface area (Å²) in [6, 6.07) is 4.55. The van der Waals surface area contributed by atoms with Gasteiger partial charge in [0.25, 0.3) is 0 Å². The van der Waals surface area contributed by atoms with E-state index in [9.17, 15) is 0 Å². The zero-order valence-corrected chi connectivity index (χ0v) is 9.50. The molecule has 0 bridgehead atoms. The second kappa shape index (κ2) is 4.54. The van der Waals surface area contributed by atoms with Gasteiger partial charge in [0.2, 0.25) is 0 Å². The van der Waals surface area contributed by atoms with Crippen LogP contribution in [0.25, 0.3) is 0 Å². The zero-order valence-electron chi connectivity index (χ0n) is 9.50. The molecule has 0 aliphatic carbocycles. The first-order chi connectivity index (χ1) is 7.70. The molecule has 0 saturated carbocycles. The van der Waals surface area contributed by atoms with Gasteiger partial charge in [-0.05, 0) is 25.8 Å². The lowest BCUT2D eigenvalue weighted by atomic mass is 10.0. The van der Waals surface area contributed by atoms with E-state index in [4.69, 9.17) is 11.0 Å². The molecule has 1 unspecified atom stereocenters. The normalized spacial score (nSPS) is 20.5. The van der Waals surface area contributed by atoms with Crippen LogP contribution < -0.4 is 5.73 Å². The molecule has 1 atom stereocenters. The first-order valence-electron chi connectivity index (χ1n) is 5.65. The summed E-state index contributed by atoms with van der Waals surface area (Å²) in [7, 11) is 0. The van der Waals surface area contributed by atoms with Crippen LogP contribution in [0.4, 0.5) is 5.82 Å². The number of nitriles is 1. The highest BCUT2D eigenvalue weighted by Gasteiger charge is 2.23. The molecule has 2 rings (SSSR count). The predicted octanol–water partition coefficient (Wildman–Crippen LogP) is 1.01. The van der Waals surface area contributed by atoms with E-state index in [2.05, 4.69) is 16.1 Å². The highest BCUT2D eigenvalue weighted by atomic mass is 15.3. The van der Waals surface area contributed by atoms with E-state index in [-0.39, 0.29) is 6.04 Å². The summed E-state index contributed by atoms with van der Waals surface area (Å²) in [5.41, 5.74) is 5.60. The van der Waals surface area contributed by atoms with Crippen molar-refractivity contribution in [2.24, 2.45) is 0 Å². The van der Waals surface area contributed by atoms with Gasteiger partial charge < -0.3 is 5.73 Å². The number of anilines is 1. The lowest BCUT2D eigenvalue weighted by Crippen LogP contribution is -2.39. The second-order valence-corrected chi connectivity index (χ2v) is 4.29. The Morgan fingerprint density at radius 2 is 2.25 bits per heavy atom. The third-order valence-corrected chi connectivity index (χ3v) is 3.24. The number of nitrogens with two attached hydrogens (primary N) is 1. The van der Waals surface area contributed by atoms with Gasteiger partial charge in [0, 0.05) is 19.3 Å². The Hall–Kier alpha value is -1.54. The molecule has 16 heavy (non-hydrogen) atoms. The number of aromatic nitrogens is 2. The van der Waals surface area contributed by atoms with Crippen LogP contribution in [-0.4, -0.2) is 33.8 Å². The van der Waals surface area contributed by atoms with Crippen LogP contribution in [0.15, 0.2) is 12.3 Å². The Bertz CT molecular complexity index is 383.